The molecule has 2 nitrogen and oxygen atoms in total. The third-order valence-electron chi connectivity index (χ3n) is 3.98. The highest BCUT2D eigenvalue weighted by Gasteiger charge is 2.18. The van der Waals surface area contributed by atoms with Crippen molar-refractivity contribution in [3.8, 4) is 0 Å². The molecule has 0 fully saturated rings. The summed E-state index contributed by atoms with van der Waals surface area (Å²) in [5.41, 5.74) is 4.00. The molecule has 0 unspecified atom stereocenters. The predicted octanol–water partition coefficient (Wildman–Crippen LogP) is 3.75. The van der Waals surface area contributed by atoms with Gasteiger partial charge in [-0.3, -0.25) is 9.88 Å². The number of hydrogen-bond donors (Lipinski definition) is 0. The summed E-state index contributed by atoms with van der Waals surface area (Å²) in [6.45, 7) is 2.92. The Morgan fingerprint density at radius 3 is 2.25 bits per heavy atom. The van der Waals surface area contributed by atoms with Gasteiger partial charge in [0.1, 0.15) is 0 Å². The molecule has 0 saturated carbocycles. The summed E-state index contributed by atoms with van der Waals surface area (Å²) >= 11 is 0. The second-order valence-corrected chi connectivity index (χ2v) is 5.40. The Balaban J connectivity index is 1.69. The van der Waals surface area contributed by atoms with E-state index in [1.54, 1.807) is 0 Å². The molecular formula is C18H16N2. The molecule has 0 atom stereocenters. The van der Waals surface area contributed by atoms with E-state index in [0.29, 0.717) is 0 Å². The summed E-state index contributed by atoms with van der Waals surface area (Å²) in [5.74, 6) is 0. The van der Waals surface area contributed by atoms with Crippen LogP contribution in [0.5, 0.6) is 0 Å². The third-order valence-corrected chi connectivity index (χ3v) is 3.98. The molecule has 2 aromatic carbocycles. The van der Waals surface area contributed by atoms with Crippen molar-refractivity contribution in [3.05, 3.63) is 77.6 Å². The molecule has 0 spiro atoms. The van der Waals surface area contributed by atoms with Crippen LogP contribution in [0.15, 0.2) is 60.8 Å². The molecule has 1 aliphatic rings. The molecule has 1 aromatic heterocycles. The first-order valence-corrected chi connectivity index (χ1v) is 7.02. The fourth-order valence-electron chi connectivity index (χ4n) is 3.14. The van der Waals surface area contributed by atoms with Crippen molar-refractivity contribution in [1.29, 1.82) is 0 Å². The molecule has 0 saturated heterocycles. The molecule has 2 heteroatoms. The first-order chi connectivity index (χ1) is 9.90. The van der Waals surface area contributed by atoms with Gasteiger partial charge in [0.2, 0.25) is 0 Å². The second kappa shape index (κ2) is 4.73. The average molecular weight is 260 g/mol. The lowest BCUT2D eigenvalue weighted by atomic mass is 9.95. The molecular weight excluding hydrogens is 244 g/mol. The summed E-state index contributed by atoms with van der Waals surface area (Å²) in [6, 6.07) is 19.3. The van der Waals surface area contributed by atoms with Gasteiger partial charge in [-0.1, -0.05) is 42.5 Å². The van der Waals surface area contributed by atoms with Crippen molar-refractivity contribution in [2.75, 3.05) is 0 Å². The van der Waals surface area contributed by atoms with E-state index in [2.05, 4.69) is 58.4 Å². The molecule has 3 aromatic rings. The van der Waals surface area contributed by atoms with E-state index < -0.39 is 0 Å². The normalized spacial score (nSPS) is 14.6. The highest BCUT2D eigenvalue weighted by Crippen LogP contribution is 2.30. The lowest BCUT2D eigenvalue weighted by molar-refractivity contribution is 0.240. The van der Waals surface area contributed by atoms with Crippen molar-refractivity contribution in [3.63, 3.8) is 0 Å². The van der Waals surface area contributed by atoms with Crippen molar-refractivity contribution in [1.82, 2.24) is 9.88 Å². The van der Waals surface area contributed by atoms with E-state index in [0.717, 1.165) is 25.3 Å². The minimum Gasteiger partial charge on any atom is -0.289 e. The van der Waals surface area contributed by atoms with Gasteiger partial charge in [0.15, 0.2) is 0 Å². The van der Waals surface area contributed by atoms with Crippen LogP contribution in [0.25, 0.3) is 10.8 Å². The van der Waals surface area contributed by atoms with E-state index in [1.165, 1.54) is 21.9 Å². The number of aromatic nitrogens is 1. The van der Waals surface area contributed by atoms with Crippen molar-refractivity contribution >= 4 is 10.8 Å². The molecule has 0 bridgehead atoms. The maximum Gasteiger partial charge on any atom is 0.0544 e. The molecule has 0 amide bonds. The van der Waals surface area contributed by atoms with E-state index in [4.69, 9.17) is 0 Å². The van der Waals surface area contributed by atoms with Gasteiger partial charge in [0.05, 0.1) is 5.69 Å². The average Bonchev–Trinajstić information content (AvgIpc) is 2.49. The van der Waals surface area contributed by atoms with Crippen LogP contribution < -0.4 is 0 Å². The molecule has 20 heavy (non-hydrogen) atoms. The van der Waals surface area contributed by atoms with E-state index >= 15 is 0 Å². The molecule has 0 radical (unpaired) electrons. The summed E-state index contributed by atoms with van der Waals surface area (Å²) < 4.78 is 0. The monoisotopic (exact) mass is 260 g/mol. The van der Waals surface area contributed by atoms with Crippen LogP contribution >= 0.6 is 0 Å². The Morgan fingerprint density at radius 1 is 0.850 bits per heavy atom. The van der Waals surface area contributed by atoms with Crippen LogP contribution in [0.2, 0.25) is 0 Å². The molecule has 0 N–H and O–H groups in total. The summed E-state index contributed by atoms with van der Waals surface area (Å²) in [4.78, 5) is 6.89. The SMILES string of the molecule is c1ccc(CN2Cc3cccc4cccc(c34)C2)nc1. The van der Waals surface area contributed by atoms with Gasteiger partial charge in [0.25, 0.3) is 0 Å². The quantitative estimate of drug-likeness (QED) is 0.697. The number of nitrogens with zero attached hydrogens (tertiary/aromatic N) is 2. The van der Waals surface area contributed by atoms with Crippen LogP contribution in [0.1, 0.15) is 16.8 Å². The largest absolute Gasteiger partial charge is 0.289 e. The second-order valence-electron chi connectivity index (χ2n) is 5.40. The zero-order valence-corrected chi connectivity index (χ0v) is 11.3. The maximum atomic E-state index is 4.44. The Morgan fingerprint density at radius 2 is 1.60 bits per heavy atom. The zero-order chi connectivity index (χ0) is 13.4. The zero-order valence-electron chi connectivity index (χ0n) is 11.3. The fraction of sp³-hybridized carbons (Fsp3) is 0.167. The van der Waals surface area contributed by atoms with Crippen LogP contribution in [0.3, 0.4) is 0 Å². The topological polar surface area (TPSA) is 16.1 Å². The van der Waals surface area contributed by atoms with E-state index in [-0.39, 0.29) is 0 Å². The Bertz CT molecular complexity index is 709. The van der Waals surface area contributed by atoms with E-state index in [1.807, 2.05) is 12.3 Å². The summed E-state index contributed by atoms with van der Waals surface area (Å²) in [6.07, 6.45) is 1.87. The third kappa shape index (κ3) is 1.98. The van der Waals surface area contributed by atoms with Crippen LogP contribution in [0.4, 0.5) is 0 Å². The van der Waals surface area contributed by atoms with Crippen molar-refractivity contribution in [2.45, 2.75) is 19.6 Å². The Kier molecular flexibility index (Phi) is 2.75. The minimum atomic E-state index is 0.908. The first kappa shape index (κ1) is 11.6. The van der Waals surface area contributed by atoms with Crippen molar-refractivity contribution in [2.24, 2.45) is 0 Å². The van der Waals surface area contributed by atoms with Gasteiger partial charge < -0.3 is 0 Å². The highest BCUT2D eigenvalue weighted by molar-refractivity contribution is 5.89. The molecule has 98 valence electrons. The highest BCUT2D eigenvalue weighted by atomic mass is 15.1. The Labute approximate surface area is 118 Å². The smallest absolute Gasteiger partial charge is 0.0544 e. The lowest BCUT2D eigenvalue weighted by Gasteiger charge is -2.28. The molecule has 0 aliphatic carbocycles. The summed E-state index contributed by atoms with van der Waals surface area (Å²) in [5, 5.41) is 2.81. The summed E-state index contributed by atoms with van der Waals surface area (Å²) in [7, 11) is 0. The number of hydrogen-bond acceptors (Lipinski definition) is 2. The van der Waals surface area contributed by atoms with Crippen molar-refractivity contribution < 1.29 is 0 Å². The van der Waals surface area contributed by atoms with Gasteiger partial charge in [-0.15, -0.1) is 0 Å². The number of rotatable bonds is 2. The molecule has 2 heterocycles. The van der Waals surface area contributed by atoms with Crippen LogP contribution in [-0.2, 0) is 19.6 Å². The number of pyridine rings is 1. The maximum absolute atomic E-state index is 4.44. The lowest BCUT2D eigenvalue weighted by Crippen LogP contribution is -2.26. The predicted molar refractivity (Wildman–Crippen MR) is 81.1 cm³/mol. The standard InChI is InChI=1S/C18H16N2/c1-2-10-19-17(9-1)13-20-11-15-7-3-5-14-6-4-8-16(12-20)18(14)15/h1-10H,11-13H2. The number of benzene rings is 2. The van der Waals surface area contributed by atoms with Crippen LogP contribution in [0, 0.1) is 0 Å². The first-order valence-electron chi connectivity index (χ1n) is 7.02. The minimum absolute atomic E-state index is 0.908. The van der Waals surface area contributed by atoms with E-state index in [9.17, 15) is 0 Å². The van der Waals surface area contributed by atoms with Gasteiger partial charge >= 0.3 is 0 Å². The van der Waals surface area contributed by atoms with Gasteiger partial charge in [0, 0.05) is 25.8 Å². The molecule has 4 rings (SSSR count). The van der Waals surface area contributed by atoms with Gasteiger partial charge in [-0.05, 0) is 34.0 Å². The van der Waals surface area contributed by atoms with Gasteiger partial charge in [-0.2, -0.15) is 0 Å². The van der Waals surface area contributed by atoms with Crippen LogP contribution in [-0.4, -0.2) is 9.88 Å². The fourth-order valence-corrected chi connectivity index (χ4v) is 3.14. The Hall–Kier alpha value is -2.19. The molecule has 1 aliphatic heterocycles. The van der Waals surface area contributed by atoms with Gasteiger partial charge in [-0.25, -0.2) is 0 Å².